The summed E-state index contributed by atoms with van der Waals surface area (Å²) in [5, 5.41) is 34.2. The van der Waals surface area contributed by atoms with Gasteiger partial charge in [0.25, 0.3) is 0 Å². The van der Waals surface area contributed by atoms with Gasteiger partial charge in [-0.3, -0.25) is 4.79 Å². The zero-order valence-electron chi connectivity index (χ0n) is 37.8. The van der Waals surface area contributed by atoms with Crippen LogP contribution in [0.3, 0.4) is 0 Å². The number of carbonyl (C=O) groups is 1. The van der Waals surface area contributed by atoms with E-state index in [2.05, 4.69) is 40.7 Å². The number of esters is 1. The van der Waals surface area contributed by atoms with Gasteiger partial charge in [0.15, 0.2) is 18.4 Å². The molecule has 14 nitrogen and oxygen atoms in total. The number of aliphatic hydroxyl groups excluding tert-OH is 2. The molecule has 1 spiro atoms. The van der Waals surface area contributed by atoms with Crippen molar-refractivity contribution in [3.8, 4) is 0 Å². The van der Waals surface area contributed by atoms with Gasteiger partial charge in [0.1, 0.15) is 42.0 Å². The molecule has 14 heteroatoms. The van der Waals surface area contributed by atoms with E-state index >= 15 is 0 Å². The third-order valence-corrected chi connectivity index (χ3v) is 14.4. The molecule has 7 rings (SSSR count). The lowest BCUT2D eigenvalue weighted by Gasteiger charge is -2.50. The standard InChI is InChI=1S/C47H72O14/c1-24(2)41-27(5)16-17-46(61-41)22-33-19-32(60-46)15-14-26(4)42(25(3)12-11-13-31-23-54-44-39(48)28(6)18-34(45(50)57-33)47(31,44)51)58-38-21-36(53-10)43(30(8)56-38)59-37-20-35(52-9)40(49)29(7)55-37/h11-14,18,24-25,27,29-30,32-44,48-49,51H,15-17,19-23H2,1-10H3/b12-11+,26-14+,31-13+/t25-,27-,29-,30-,32+,33-,34-,35+,36-,37-,38-,39+,40-,41+,42-,43-,44+,46+,47+/m0/s1. The van der Waals surface area contributed by atoms with Gasteiger partial charge in [-0.25, -0.2) is 0 Å². The fraction of sp³-hybridized carbons (Fsp3) is 0.809. The Hall–Kier alpha value is -2.05. The zero-order chi connectivity index (χ0) is 44.0. The van der Waals surface area contributed by atoms with E-state index < -0.39 is 90.8 Å². The first-order valence-corrected chi connectivity index (χ1v) is 22.6. The second-order valence-corrected chi connectivity index (χ2v) is 19.2. The summed E-state index contributed by atoms with van der Waals surface area (Å²) in [5.74, 6) is -2.15. The highest BCUT2D eigenvalue weighted by molar-refractivity contribution is 5.78. The summed E-state index contributed by atoms with van der Waals surface area (Å²) in [6.07, 6.45) is 5.52. The molecule has 6 aliphatic heterocycles. The molecule has 61 heavy (non-hydrogen) atoms. The molecule has 0 unspecified atom stereocenters. The van der Waals surface area contributed by atoms with Crippen LogP contribution >= 0.6 is 0 Å². The molecule has 5 fully saturated rings. The molecule has 0 aromatic carbocycles. The Morgan fingerprint density at radius 1 is 0.885 bits per heavy atom. The van der Waals surface area contributed by atoms with Gasteiger partial charge in [0.05, 0.1) is 49.3 Å². The molecule has 0 radical (unpaired) electrons. The monoisotopic (exact) mass is 860 g/mol. The molecule has 1 aliphatic carbocycles. The van der Waals surface area contributed by atoms with E-state index in [9.17, 15) is 20.1 Å². The number of hydrogen-bond donors (Lipinski definition) is 3. The molecule has 6 heterocycles. The van der Waals surface area contributed by atoms with Gasteiger partial charge >= 0.3 is 5.97 Å². The van der Waals surface area contributed by atoms with E-state index in [-0.39, 0.29) is 36.8 Å². The molecule has 5 saturated heterocycles. The van der Waals surface area contributed by atoms with Crippen LogP contribution in [0.15, 0.2) is 47.1 Å². The average Bonchev–Trinajstić information content (AvgIpc) is 3.56. The minimum atomic E-state index is -1.82. The lowest BCUT2D eigenvalue weighted by molar-refractivity contribution is -0.340. The van der Waals surface area contributed by atoms with Crippen LogP contribution in [0.25, 0.3) is 0 Å². The van der Waals surface area contributed by atoms with Crippen LogP contribution < -0.4 is 0 Å². The fourth-order valence-corrected chi connectivity index (χ4v) is 10.8. The van der Waals surface area contributed by atoms with E-state index in [0.29, 0.717) is 55.6 Å². The molecular weight excluding hydrogens is 789 g/mol. The highest BCUT2D eigenvalue weighted by Gasteiger charge is 2.60. The number of allylic oxidation sites excluding steroid dienone is 2. The number of rotatable bonds is 7. The van der Waals surface area contributed by atoms with Crippen LogP contribution in [-0.2, 0) is 52.2 Å². The molecule has 3 N–H and O–H groups in total. The van der Waals surface area contributed by atoms with E-state index in [0.717, 1.165) is 12.0 Å². The Bertz CT molecular complexity index is 1660. The van der Waals surface area contributed by atoms with Gasteiger partial charge in [0, 0.05) is 52.2 Å². The Morgan fingerprint density at radius 3 is 2.31 bits per heavy atom. The van der Waals surface area contributed by atoms with Gasteiger partial charge in [-0.05, 0) is 69.1 Å². The van der Waals surface area contributed by atoms with Crippen molar-refractivity contribution < 1.29 is 67.5 Å². The van der Waals surface area contributed by atoms with Gasteiger partial charge in [0.2, 0.25) is 0 Å². The summed E-state index contributed by atoms with van der Waals surface area (Å²) < 4.78 is 63.7. The van der Waals surface area contributed by atoms with E-state index in [1.165, 1.54) is 0 Å². The van der Waals surface area contributed by atoms with E-state index in [1.807, 2.05) is 19.1 Å². The van der Waals surface area contributed by atoms with E-state index in [4.69, 9.17) is 47.4 Å². The minimum absolute atomic E-state index is 0.0210. The molecule has 344 valence electrons. The normalized spacial score (nSPS) is 49.6. The molecule has 0 amide bonds. The SMILES string of the molecule is CO[C@H]1C[C@H](O[C@@H]2/C(C)=C/C[C@@H]3C[C@@H](C[C@]4(CC[C@H](C)[C@@H](C(C)C)O4)O3)OC(=O)[C@@H]3C=C(C)[C@@H](O)[C@H]4OC/C(=C\C=C\[C@@H]2C)[C@]43O)O[C@@H](C)[C@@H]1O[C@H]1C[C@@H](OC)[C@@H](O)[C@H](C)O1. The smallest absolute Gasteiger partial charge is 0.316 e. The summed E-state index contributed by atoms with van der Waals surface area (Å²) in [6.45, 7) is 16.2. The Balaban J connectivity index is 1.17. The predicted octanol–water partition coefficient (Wildman–Crippen LogP) is 5.21. The number of aliphatic hydroxyl groups is 3. The summed E-state index contributed by atoms with van der Waals surface area (Å²) in [6, 6.07) is 0. The fourth-order valence-electron chi connectivity index (χ4n) is 10.8. The lowest BCUT2D eigenvalue weighted by Crippen LogP contribution is -2.58. The van der Waals surface area contributed by atoms with Crippen LogP contribution in [0.5, 0.6) is 0 Å². The van der Waals surface area contributed by atoms with E-state index in [1.54, 1.807) is 40.2 Å². The topological polar surface area (TPSA) is 170 Å². The zero-order valence-corrected chi connectivity index (χ0v) is 37.8. The van der Waals surface area contributed by atoms with Crippen LogP contribution in [0.4, 0.5) is 0 Å². The van der Waals surface area contributed by atoms with Gasteiger partial charge in [-0.15, -0.1) is 0 Å². The molecule has 0 aromatic rings. The van der Waals surface area contributed by atoms with Crippen LogP contribution in [-0.4, -0.2) is 139 Å². The van der Waals surface area contributed by atoms with Crippen LogP contribution in [0.1, 0.15) is 100 Å². The van der Waals surface area contributed by atoms with Crippen LogP contribution in [0, 0.1) is 23.7 Å². The first-order valence-electron chi connectivity index (χ1n) is 22.6. The van der Waals surface area contributed by atoms with Crippen molar-refractivity contribution in [3.63, 3.8) is 0 Å². The number of hydrogen-bond acceptors (Lipinski definition) is 14. The summed E-state index contributed by atoms with van der Waals surface area (Å²) in [7, 11) is 3.22. The predicted molar refractivity (Wildman–Crippen MR) is 223 cm³/mol. The maximum absolute atomic E-state index is 14.3. The van der Waals surface area contributed by atoms with Crippen LogP contribution in [0.2, 0.25) is 0 Å². The van der Waals surface area contributed by atoms with Gasteiger partial charge in [-0.1, -0.05) is 58.1 Å². The maximum atomic E-state index is 14.3. The quantitative estimate of drug-likeness (QED) is 0.225. The largest absolute Gasteiger partial charge is 0.462 e. The Kier molecular flexibility index (Phi) is 14.8. The molecule has 7 aliphatic rings. The van der Waals surface area contributed by atoms with Gasteiger partial charge < -0.3 is 62.7 Å². The molecule has 2 bridgehead atoms. The molecule has 19 atom stereocenters. The highest BCUT2D eigenvalue weighted by Crippen LogP contribution is 2.48. The summed E-state index contributed by atoms with van der Waals surface area (Å²) in [4.78, 5) is 14.3. The third kappa shape index (κ3) is 9.67. The Morgan fingerprint density at radius 2 is 1.59 bits per heavy atom. The van der Waals surface area contributed by atoms with Crippen molar-refractivity contribution in [2.75, 3.05) is 20.8 Å². The molecule has 0 aromatic heterocycles. The van der Waals surface area contributed by atoms with Crippen molar-refractivity contribution in [3.05, 3.63) is 47.1 Å². The minimum Gasteiger partial charge on any atom is -0.462 e. The summed E-state index contributed by atoms with van der Waals surface area (Å²) in [5.41, 5.74) is 0.184. The highest BCUT2D eigenvalue weighted by atomic mass is 16.7. The number of carbonyl (C=O) groups excluding carboxylic acids is 1. The van der Waals surface area contributed by atoms with Gasteiger partial charge in [-0.2, -0.15) is 0 Å². The number of methoxy groups -OCH3 is 2. The summed E-state index contributed by atoms with van der Waals surface area (Å²) >= 11 is 0. The maximum Gasteiger partial charge on any atom is 0.316 e. The number of fused-ring (bicyclic) bond motifs is 2. The number of ether oxygens (including phenoxy) is 10. The molecular formula is C47H72O14. The Labute approximate surface area is 361 Å². The van der Waals surface area contributed by atoms with Crippen molar-refractivity contribution in [2.24, 2.45) is 23.7 Å². The first kappa shape index (κ1) is 46.9. The second kappa shape index (κ2) is 19.2. The second-order valence-electron chi connectivity index (χ2n) is 19.2. The van der Waals surface area contributed by atoms with Crippen molar-refractivity contribution >= 4 is 5.97 Å². The molecule has 0 saturated carbocycles. The van der Waals surface area contributed by atoms with Crippen molar-refractivity contribution in [1.82, 2.24) is 0 Å². The average molecular weight is 861 g/mol. The third-order valence-electron chi connectivity index (χ3n) is 14.4. The first-order chi connectivity index (χ1) is 29.0. The van der Waals surface area contributed by atoms with Crippen molar-refractivity contribution in [1.29, 1.82) is 0 Å². The lowest BCUT2D eigenvalue weighted by atomic mass is 9.71. The van der Waals surface area contributed by atoms with Crippen molar-refractivity contribution in [2.45, 2.75) is 198 Å².